The summed E-state index contributed by atoms with van der Waals surface area (Å²) in [6, 6.07) is 9.21. The average molecular weight is 411 g/mol. The van der Waals surface area contributed by atoms with Crippen molar-refractivity contribution in [2.24, 2.45) is 11.3 Å². The third-order valence-corrected chi connectivity index (χ3v) is 6.57. The van der Waals surface area contributed by atoms with Crippen LogP contribution in [0.25, 0.3) is 0 Å². The Morgan fingerprint density at radius 2 is 1.93 bits per heavy atom. The number of carbonyl (C=O) groups is 2. The minimum Gasteiger partial charge on any atom is -0.493 e. The quantitative estimate of drug-likeness (QED) is 0.715. The van der Waals surface area contributed by atoms with Gasteiger partial charge < -0.3 is 14.8 Å². The molecule has 1 aliphatic carbocycles. The van der Waals surface area contributed by atoms with Crippen LogP contribution in [0.4, 0.5) is 0 Å². The van der Waals surface area contributed by atoms with Crippen molar-refractivity contribution in [1.29, 1.82) is 10.5 Å². The van der Waals surface area contributed by atoms with Crippen LogP contribution >= 0.6 is 11.8 Å². The van der Waals surface area contributed by atoms with Crippen molar-refractivity contribution in [2.45, 2.75) is 25.7 Å². The Labute approximate surface area is 173 Å². The van der Waals surface area contributed by atoms with Gasteiger partial charge in [0, 0.05) is 11.0 Å². The first kappa shape index (κ1) is 20.8. The van der Waals surface area contributed by atoms with E-state index in [2.05, 4.69) is 17.5 Å². The lowest BCUT2D eigenvalue weighted by atomic mass is 9.67. The van der Waals surface area contributed by atoms with Gasteiger partial charge in [0.05, 0.1) is 42.7 Å². The zero-order valence-electron chi connectivity index (χ0n) is 16.3. The smallest absolute Gasteiger partial charge is 0.243 e. The van der Waals surface area contributed by atoms with E-state index < -0.39 is 17.2 Å². The van der Waals surface area contributed by atoms with Crippen LogP contribution in [-0.2, 0) is 4.79 Å². The van der Waals surface area contributed by atoms with Crippen LogP contribution in [0.2, 0.25) is 0 Å². The van der Waals surface area contributed by atoms with E-state index in [1.165, 1.54) is 14.2 Å². The topological polar surface area (TPSA) is 112 Å². The number of ketones is 1. The molecule has 0 bridgehead atoms. The van der Waals surface area contributed by atoms with Crippen LogP contribution in [0.5, 0.6) is 11.5 Å². The van der Waals surface area contributed by atoms with E-state index in [-0.39, 0.29) is 11.5 Å². The Kier molecular flexibility index (Phi) is 6.14. The van der Waals surface area contributed by atoms with Gasteiger partial charge in [-0.2, -0.15) is 10.5 Å². The minimum atomic E-state index is -0.870. The summed E-state index contributed by atoms with van der Waals surface area (Å²) < 4.78 is 10.4. The first-order valence-electron chi connectivity index (χ1n) is 9.24. The lowest BCUT2D eigenvalue weighted by Crippen LogP contribution is -2.46. The summed E-state index contributed by atoms with van der Waals surface area (Å²) >= 11 is 1.13. The molecule has 8 heteroatoms. The van der Waals surface area contributed by atoms with Crippen LogP contribution in [-0.4, -0.2) is 31.7 Å². The first-order chi connectivity index (χ1) is 14.0. The summed E-state index contributed by atoms with van der Waals surface area (Å²) in [5, 5.41) is 22.4. The van der Waals surface area contributed by atoms with Crippen molar-refractivity contribution in [3.05, 3.63) is 34.4 Å². The SMILES string of the molecule is COc1ccc(C(=O)CSC2=C(C#N)C3(CCCC3)C(C#N)C(=O)N2)cc1OC. The largest absolute Gasteiger partial charge is 0.493 e. The molecular weight excluding hydrogens is 390 g/mol. The number of methoxy groups -OCH3 is 2. The summed E-state index contributed by atoms with van der Waals surface area (Å²) in [5.74, 6) is -0.411. The Balaban J connectivity index is 1.85. The fourth-order valence-corrected chi connectivity index (χ4v) is 5.10. The fraction of sp³-hybridized carbons (Fsp3) is 0.429. The van der Waals surface area contributed by atoms with E-state index in [1.807, 2.05) is 0 Å². The molecule has 150 valence electrons. The normalized spacial score (nSPS) is 20.0. The second-order valence-electron chi connectivity index (χ2n) is 7.01. The summed E-state index contributed by atoms with van der Waals surface area (Å²) in [6.45, 7) is 0. The molecule has 2 aliphatic rings. The molecule has 0 aromatic heterocycles. The Hall–Kier alpha value is -2.97. The summed E-state index contributed by atoms with van der Waals surface area (Å²) in [5.41, 5.74) is 0.133. The summed E-state index contributed by atoms with van der Waals surface area (Å²) in [6.07, 6.45) is 3.02. The molecule has 1 N–H and O–H groups in total. The maximum atomic E-state index is 12.7. The molecule has 0 radical (unpaired) electrons. The Morgan fingerprint density at radius 1 is 1.24 bits per heavy atom. The van der Waals surface area contributed by atoms with Gasteiger partial charge in [0.25, 0.3) is 0 Å². The summed E-state index contributed by atoms with van der Waals surface area (Å²) in [4.78, 5) is 25.2. The van der Waals surface area contributed by atoms with Crippen LogP contribution in [0.1, 0.15) is 36.0 Å². The van der Waals surface area contributed by atoms with Crippen molar-refractivity contribution in [3.8, 4) is 23.6 Å². The highest BCUT2D eigenvalue weighted by atomic mass is 32.2. The number of nitrogens with one attached hydrogen (secondary N) is 1. The molecule has 1 aromatic carbocycles. The molecule has 1 unspecified atom stereocenters. The van der Waals surface area contributed by atoms with Gasteiger partial charge in [0.15, 0.2) is 17.3 Å². The molecule has 1 fully saturated rings. The molecule has 1 heterocycles. The van der Waals surface area contributed by atoms with Crippen LogP contribution in [0, 0.1) is 34.0 Å². The van der Waals surface area contributed by atoms with Gasteiger partial charge in [-0.05, 0) is 31.0 Å². The van der Waals surface area contributed by atoms with Crippen molar-refractivity contribution < 1.29 is 19.1 Å². The van der Waals surface area contributed by atoms with E-state index in [1.54, 1.807) is 18.2 Å². The second-order valence-corrected chi connectivity index (χ2v) is 8.00. The number of rotatable bonds is 6. The zero-order valence-corrected chi connectivity index (χ0v) is 17.1. The number of allylic oxidation sites excluding steroid dienone is 1. The zero-order chi connectivity index (χ0) is 21.0. The number of nitrogens with zero attached hydrogens (tertiary/aromatic N) is 2. The first-order valence-corrected chi connectivity index (χ1v) is 10.2. The highest BCUT2D eigenvalue weighted by molar-refractivity contribution is 8.03. The monoisotopic (exact) mass is 411 g/mol. The van der Waals surface area contributed by atoms with Gasteiger partial charge in [-0.1, -0.05) is 24.6 Å². The average Bonchev–Trinajstić information content (AvgIpc) is 3.21. The molecule has 1 aromatic rings. The van der Waals surface area contributed by atoms with Crippen molar-refractivity contribution >= 4 is 23.5 Å². The van der Waals surface area contributed by atoms with Gasteiger partial charge >= 0.3 is 0 Å². The van der Waals surface area contributed by atoms with Crippen LogP contribution < -0.4 is 14.8 Å². The van der Waals surface area contributed by atoms with Gasteiger partial charge in [-0.3, -0.25) is 9.59 Å². The number of amides is 1. The lowest BCUT2D eigenvalue weighted by Gasteiger charge is -2.37. The van der Waals surface area contributed by atoms with Gasteiger partial charge in [-0.25, -0.2) is 0 Å². The van der Waals surface area contributed by atoms with Crippen LogP contribution in [0.15, 0.2) is 28.8 Å². The predicted molar refractivity (Wildman–Crippen MR) is 107 cm³/mol. The number of nitriles is 2. The maximum Gasteiger partial charge on any atom is 0.243 e. The number of benzene rings is 1. The third-order valence-electron chi connectivity index (χ3n) is 5.57. The van der Waals surface area contributed by atoms with E-state index in [0.717, 1.165) is 24.6 Å². The van der Waals surface area contributed by atoms with E-state index >= 15 is 0 Å². The molecule has 1 atom stereocenters. The molecule has 1 amide bonds. The number of hydrogen-bond acceptors (Lipinski definition) is 7. The molecule has 0 saturated heterocycles. The molecular formula is C21H21N3O4S. The van der Waals surface area contributed by atoms with Gasteiger partial charge in [-0.15, -0.1) is 0 Å². The highest BCUT2D eigenvalue weighted by Crippen LogP contribution is 2.53. The molecule has 1 spiro atoms. The number of carbonyl (C=O) groups excluding carboxylic acids is 2. The number of Topliss-reactive ketones (excluding diaryl/α,β-unsaturated/α-hetero) is 1. The molecule has 1 aliphatic heterocycles. The minimum absolute atomic E-state index is 0.0452. The number of hydrogen-bond donors (Lipinski definition) is 1. The fourth-order valence-electron chi connectivity index (χ4n) is 4.10. The number of ether oxygens (including phenoxy) is 2. The van der Waals surface area contributed by atoms with Gasteiger partial charge in [0.2, 0.25) is 5.91 Å². The molecule has 1 saturated carbocycles. The highest BCUT2D eigenvalue weighted by Gasteiger charge is 2.52. The van der Waals surface area contributed by atoms with Crippen molar-refractivity contribution in [3.63, 3.8) is 0 Å². The van der Waals surface area contributed by atoms with Crippen molar-refractivity contribution in [1.82, 2.24) is 5.32 Å². The van der Waals surface area contributed by atoms with E-state index in [4.69, 9.17) is 9.47 Å². The standard InChI is InChI=1S/C21H21N3O4S/c1-27-17-6-5-13(9-18(17)28-2)16(25)12-29-20-15(11-23)21(7-3-4-8-21)14(10-22)19(26)24-20/h5-6,9,14H,3-4,7-8,12H2,1-2H3,(H,24,26). The van der Waals surface area contributed by atoms with Crippen molar-refractivity contribution in [2.75, 3.05) is 20.0 Å². The predicted octanol–water partition coefficient (Wildman–Crippen LogP) is 3.18. The maximum absolute atomic E-state index is 12.7. The summed E-state index contributed by atoms with van der Waals surface area (Å²) in [7, 11) is 3.01. The third kappa shape index (κ3) is 3.68. The molecule has 7 nitrogen and oxygen atoms in total. The Bertz CT molecular complexity index is 952. The molecule has 29 heavy (non-hydrogen) atoms. The molecule has 3 rings (SSSR count). The Morgan fingerprint density at radius 3 is 2.52 bits per heavy atom. The second kappa shape index (κ2) is 8.59. The lowest BCUT2D eigenvalue weighted by molar-refractivity contribution is -0.126. The number of thioether (sulfide) groups is 1. The van der Waals surface area contributed by atoms with E-state index in [0.29, 0.717) is 40.5 Å². The van der Waals surface area contributed by atoms with Gasteiger partial charge in [0.1, 0.15) is 5.92 Å². The van der Waals surface area contributed by atoms with Crippen LogP contribution in [0.3, 0.4) is 0 Å². The van der Waals surface area contributed by atoms with E-state index in [9.17, 15) is 20.1 Å².